The van der Waals surface area contributed by atoms with Gasteiger partial charge in [0.25, 0.3) is 10.0 Å². The van der Waals surface area contributed by atoms with Crippen LogP contribution in [0.4, 0.5) is 0 Å². The van der Waals surface area contributed by atoms with E-state index in [4.69, 9.17) is 0 Å². The maximum Gasteiger partial charge on any atom is 0.250 e. The van der Waals surface area contributed by atoms with Gasteiger partial charge in [0.1, 0.15) is 4.21 Å². The molecule has 1 aromatic rings. The average molecular weight is 310 g/mol. The van der Waals surface area contributed by atoms with Crippen molar-refractivity contribution in [2.75, 3.05) is 0 Å². The summed E-state index contributed by atoms with van der Waals surface area (Å²) < 4.78 is 27.3. The summed E-state index contributed by atoms with van der Waals surface area (Å²) in [6, 6.07) is 1.38. The van der Waals surface area contributed by atoms with Gasteiger partial charge in [0, 0.05) is 6.04 Å². The van der Waals surface area contributed by atoms with E-state index in [2.05, 4.69) is 27.2 Å². The molecular weight excluding hydrogens is 298 g/mol. The van der Waals surface area contributed by atoms with E-state index >= 15 is 0 Å². The Morgan fingerprint density at radius 1 is 1.67 bits per heavy atom. The lowest BCUT2D eigenvalue weighted by Gasteiger charge is -2.07. The molecular formula is C9H12BrNO2S2. The number of hydrogen-bond acceptors (Lipinski definition) is 3. The van der Waals surface area contributed by atoms with Crippen molar-refractivity contribution in [1.82, 2.24) is 4.72 Å². The third kappa shape index (κ3) is 3.14. The van der Waals surface area contributed by atoms with Crippen LogP contribution in [-0.2, 0) is 10.0 Å². The summed E-state index contributed by atoms with van der Waals surface area (Å²) in [6.45, 7) is 7.12. The van der Waals surface area contributed by atoms with E-state index in [0.717, 1.165) is 9.35 Å². The van der Waals surface area contributed by atoms with Crippen LogP contribution in [0.2, 0.25) is 0 Å². The molecule has 1 N–H and O–H groups in total. The van der Waals surface area contributed by atoms with Crippen molar-refractivity contribution in [3.63, 3.8) is 0 Å². The van der Waals surface area contributed by atoms with Crippen molar-refractivity contribution in [3.8, 4) is 0 Å². The zero-order chi connectivity index (χ0) is 11.6. The SMILES string of the molecule is C=CC(C)NS(=O)(=O)c1cc(C)c(Br)s1. The Balaban J connectivity index is 3.01. The van der Waals surface area contributed by atoms with Gasteiger partial charge in [-0.1, -0.05) is 6.08 Å². The maximum absolute atomic E-state index is 11.8. The number of nitrogens with one attached hydrogen (secondary N) is 1. The first-order valence-electron chi connectivity index (χ1n) is 4.27. The molecule has 0 spiro atoms. The van der Waals surface area contributed by atoms with E-state index in [1.807, 2.05) is 6.92 Å². The number of thiophene rings is 1. The molecule has 1 atom stereocenters. The topological polar surface area (TPSA) is 46.2 Å². The summed E-state index contributed by atoms with van der Waals surface area (Å²) in [5.74, 6) is 0. The van der Waals surface area contributed by atoms with Crippen LogP contribution in [0.15, 0.2) is 26.7 Å². The Morgan fingerprint density at radius 2 is 2.27 bits per heavy atom. The maximum atomic E-state index is 11.8. The Hall–Kier alpha value is -0.170. The number of aryl methyl sites for hydroxylation is 1. The lowest BCUT2D eigenvalue weighted by molar-refractivity contribution is 0.578. The summed E-state index contributed by atoms with van der Waals surface area (Å²) in [6.07, 6.45) is 1.55. The third-order valence-electron chi connectivity index (χ3n) is 1.79. The van der Waals surface area contributed by atoms with Gasteiger partial charge in [-0.15, -0.1) is 17.9 Å². The Labute approximate surface area is 102 Å². The van der Waals surface area contributed by atoms with Crippen LogP contribution < -0.4 is 4.72 Å². The van der Waals surface area contributed by atoms with Gasteiger partial charge >= 0.3 is 0 Å². The predicted octanol–water partition coefficient (Wildman–Crippen LogP) is 2.67. The molecule has 0 aliphatic rings. The molecule has 1 heterocycles. The van der Waals surface area contributed by atoms with Gasteiger partial charge in [-0.2, -0.15) is 0 Å². The molecule has 3 nitrogen and oxygen atoms in total. The standard InChI is InChI=1S/C9H12BrNO2S2/c1-4-7(3)11-15(12,13)8-5-6(2)9(10)14-8/h4-5,7,11H,1H2,2-3H3. The lowest BCUT2D eigenvalue weighted by Crippen LogP contribution is -2.30. The predicted molar refractivity (Wildman–Crippen MR) is 66.7 cm³/mol. The van der Waals surface area contributed by atoms with Gasteiger partial charge < -0.3 is 0 Å². The van der Waals surface area contributed by atoms with Crippen LogP contribution in [0.5, 0.6) is 0 Å². The van der Waals surface area contributed by atoms with E-state index in [9.17, 15) is 8.42 Å². The fraction of sp³-hybridized carbons (Fsp3) is 0.333. The van der Waals surface area contributed by atoms with Crippen molar-refractivity contribution >= 4 is 37.3 Å². The van der Waals surface area contributed by atoms with Gasteiger partial charge in [-0.3, -0.25) is 0 Å². The lowest BCUT2D eigenvalue weighted by atomic mass is 10.4. The van der Waals surface area contributed by atoms with E-state index in [0.29, 0.717) is 4.21 Å². The fourth-order valence-corrected chi connectivity index (χ4v) is 4.37. The van der Waals surface area contributed by atoms with Crippen molar-refractivity contribution in [2.45, 2.75) is 24.1 Å². The molecule has 0 amide bonds. The first-order valence-corrected chi connectivity index (χ1v) is 7.37. The average Bonchev–Trinajstić information content (AvgIpc) is 2.47. The minimum absolute atomic E-state index is 0.267. The van der Waals surface area contributed by atoms with E-state index in [1.54, 1.807) is 19.1 Å². The zero-order valence-electron chi connectivity index (χ0n) is 8.45. The smallest absolute Gasteiger partial charge is 0.206 e. The van der Waals surface area contributed by atoms with Crippen LogP contribution in [-0.4, -0.2) is 14.5 Å². The Kier molecular flexibility index (Phi) is 4.11. The molecule has 0 aliphatic heterocycles. The molecule has 84 valence electrons. The van der Waals surface area contributed by atoms with Crippen LogP contribution in [0, 0.1) is 6.92 Å². The van der Waals surface area contributed by atoms with E-state index < -0.39 is 10.0 Å². The fourth-order valence-electron chi connectivity index (χ4n) is 0.915. The molecule has 0 fully saturated rings. The quantitative estimate of drug-likeness (QED) is 0.869. The minimum Gasteiger partial charge on any atom is -0.206 e. The molecule has 0 aromatic carbocycles. The molecule has 1 aromatic heterocycles. The summed E-state index contributed by atoms with van der Waals surface area (Å²) in [7, 11) is -3.41. The molecule has 1 rings (SSSR count). The number of sulfonamides is 1. The zero-order valence-corrected chi connectivity index (χ0v) is 11.7. The molecule has 0 aliphatic carbocycles. The van der Waals surface area contributed by atoms with Crippen LogP contribution in [0.25, 0.3) is 0 Å². The van der Waals surface area contributed by atoms with Crippen LogP contribution in [0.1, 0.15) is 12.5 Å². The number of rotatable bonds is 4. The number of halogens is 1. The molecule has 1 unspecified atom stereocenters. The molecule has 6 heteroatoms. The minimum atomic E-state index is -3.41. The highest BCUT2D eigenvalue weighted by Gasteiger charge is 2.19. The highest BCUT2D eigenvalue weighted by Crippen LogP contribution is 2.30. The second-order valence-electron chi connectivity index (χ2n) is 3.17. The highest BCUT2D eigenvalue weighted by molar-refractivity contribution is 9.11. The molecule has 0 saturated heterocycles. The van der Waals surface area contributed by atoms with Gasteiger partial charge in [-0.05, 0) is 41.4 Å². The largest absolute Gasteiger partial charge is 0.250 e. The Morgan fingerprint density at radius 3 is 2.67 bits per heavy atom. The second-order valence-corrected chi connectivity index (χ2v) is 7.48. The monoisotopic (exact) mass is 309 g/mol. The first-order chi connectivity index (χ1) is 6.86. The molecule has 0 bridgehead atoms. The van der Waals surface area contributed by atoms with Gasteiger partial charge in [0.05, 0.1) is 3.79 Å². The van der Waals surface area contributed by atoms with Gasteiger partial charge in [0.2, 0.25) is 0 Å². The van der Waals surface area contributed by atoms with Crippen molar-refractivity contribution in [2.24, 2.45) is 0 Å². The summed E-state index contributed by atoms with van der Waals surface area (Å²) in [5.41, 5.74) is 0.923. The third-order valence-corrected chi connectivity index (χ3v) is 5.96. The molecule has 0 radical (unpaired) electrons. The first kappa shape index (κ1) is 12.9. The van der Waals surface area contributed by atoms with Gasteiger partial charge in [0.15, 0.2) is 0 Å². The summed E-state index contributed by atoms with van der Waals surface area (Å²) in [5, 5.41) is 0. The van der Waals surface area contributed by atoms with Crippen LogP contribution >= 0.6 is 27.3 Å². The van der Waals surface area contributed by atoms with Crippen molar-refractivity contribution in [1.29, 1.82) is 0 Å². The highest BCUT2D eigenvalue weighted by atomic mass is 79.9. The normalized spacial score (nSPS) is 13.8. The van der Waals surface area contributed by atoms with E-state index in [-0.39, 0.29) is 6.04 Å². The Bertz CT molecular complexity index is 445. The van der Waals surface area contributed by atoms with Crippen molar-refractivity contribution in [3.05, 3.63) is 28.1 Å². The summed E-state index contributed by atoms with van der Waals surface area (Å²) in [4.78, 5) is 0. The molecule has 0 saturated carbocycles. The van der Waals surface area contributed by atoms with Crippen LogP contribution in [0.3, 0.4) is 0 Å². The van der Waals surface area contributed by atoms with E-state index in [1.165, 1.54) is 11.3 Å². The van der Waals surface area contributed by atoms with Gasteiger partial charge in [-0.25, -0.2) is 13.1 Å². The second kappa shape index (κ2) is 4.78. The molecule has 15 heavy (non-hydrogen) atoms. The number of hydrogen-bond donors (Lipinski definition) is 1. The summed E-state index contributed by atoms with van der Waals surface area (Å²) >= 11 is 4.50. The van der Waals surface area contributed by atoms with Crippen molar-refractivity contribution < 1.29 is 8.42 Å².